The number of carbonyl (C=O) groups excluding carboxylic acids is 1. The van der Waals surface area contributed by atoms with Crippen LogP contribution in [0.25, 0.3) is 0 Å². The van der Waals surface area contributed by atoms with Crippen LogP contribution < -0.4 is 5.73 Å². The van der Waals surface area contributed by atoms with Gasteiger partial charge in [0.05, 0.1) is 0 Å². The molecule has 0 aliphatic heterocycles. The van der Waals surface area contributed by atoms with Crippen LogP contribution in [0.4, 0.5) is 5.82 Å². The molecule has 100 valence electrons. The Bertz CT molecular complexity index is 415. The van der Waals surface area contributed by atoms with Crippen LogP contribution in [0, 0.1) is 5.92 Å². The van der Waals surface area contributed by atoms with E-state index < -0.39 is 0 Å². The van der Waals surface area contributed by atoms with Crippen molar-refractivity contribution in [2.45, 2.75) is 45.2 Å². The third-order valence-corrected chi connectivity index (χ3v) is 3.92. The van der Waals surface area contributed by atoms with Gasteiger partial charge in [-0.15, -0.1) is 0 Å². The topological polar surface area (TPSA) is 64.2 Å². The van der Waals surface area contributed by atoms with Crippen LogP contribution in [-0.2, 0) is 11.3 Å². The van der Waals surface area contributed by atoms with Gasteiger partial charge in [0.1, 0.15) is 12.4 Å². The van der Waals surface area contributed by atoms with Crippen LogP contribution in [0.2, 0.25) is 0 Å². The van der Waals surface area contributed by atoms with Gasteiger partial charge in [-0.05, 0) is 24.8 Å². The maximum atomic E-state index is 12.2. The van der Waals surface area contributed by atoms with Crippen LogP contribution in [0.3, 0.4) is 0 Å². The fourth-order valence-corrected chi connectivity index (χ4v) is 2.77. The Kier molecular flexibility index (Phi) is 3.89. The lowest BCUT2D eigenvalue weighted by Gasteiger charge is -2.36. The standard InChI is InChI=1S/C13H22N4O/c1-10-5-3-4-6-11(10)16(2)13(18)9-17-8-7-12(14)15-17/h7-8,10-11H,3-6,9H2,1-2H3,(H2,14,15). The minimum Gasteiger partial charge on any atom is -0.382 e. The quantitative estimate of drug-likeness (QED) is 0.884. The van der Waals surface area contributed by atoms with Gasteiger partial charge >= 0.3 is 0 Å². The minimum atomic E-state index is 0.108. The van der Waals surface area contributed by atoms with E-state index in [-0.39, 0.29) is 12.5 Å². The zero-order chi connectivity index (χ0) is 13.1. The predicted molar refractivity (Wildman–Crippen MR) is 70.8 cm³/mol. The summed E-state index contributed by atoms with van der Waals surface area (Å²) in [6, 6.07) is 2.08. The fraction of sp³-hybridized carbons (Fsp3) is 0.692. The molecule has 0 aromatic carbocycles. The van der Waals surface area contributed by atoms with Gasteiger partial charge in [-0.2, -0.15) is 5.10 Å². The molecule has 1 aliphatic carbocycles. The van der Waals surface area contributed by atoms with E-state index in [0.29, 0.717) is 17.8 Å². The second-order valence-corrected chi connectivity index (χ2v) is 5.27. The number of nitrogens with two attached hydrogens (primary N) is 1. The SMILES string of the molecule is CC1CCCCC1N(C)C(=O)Cn1ccc(N)n1. The van der Waals surface area contributed by atoms with Crippen molar-refractivity contribution < 1.29 is 4.79 Å². The smallest absolute Gasteiger partial charge is 0.244 e. The van der Waals surface area contributed by atoms with Gasteiger partial charge in [-0.1, -0.05) is 19.8 Å². The minimum absolute atomic E-state index is 0.108. The maximum absolute atomic E-state index is 12.2. The molecule has 5 nitrogen and oxygen atoms in total. The van der Waals surface area contributed by atoms with Gasteiger partial charge in [0.2, 0.25) is 5.91 Å². The lowest BCUT2D eigenvalue weighted by molar-refractivity contribution is -0.134. The normalized spacial score (nSPS) is 23.9. The van der Waals surface area contributed by atoms with Gasteiger partial charge in [-0.3, -0.25) is 9.48 Å². The van der Waals surface area contributed by atoms with Gasteiger partial charge < -0.3 is 10.6 Å². The number of amides is 1. The van der Waals surface area contributed by atoms with Crippen LogP contribution in [0.15, 0.2) is 12.3 Å². The molecule has 2 unspecified atom stereocenters. The Morgan fingerprint density at radius 2 is 2.28 bits per heavy atom. The van der Waals surface area contributed by atoms with Crippen LogP contribution >= 0.6 is 0 Å². The molecular formula is C13H22N4O. The van der Waals surface area contributed by atoms with E-state index in [9.17, 15) is 4.79 Å². The Hall–Kier alpha value is -1.52. The highest BCUT2D eigenvalue weighted by molar-refractivity contribution is 5.76. The van der Waals surface area contributed by atoms with Crippen molar-refractivity contribution in [2.75, 3.05) is 12.8 Å². The summed E-state index contributed by atoms with van der Waals surface area (Å²) < 4.78 is 1.60. The molecule has 1 saturated carbocycles. The van der Waals surface area contributed by atoms with E-state index in [1.807, 2.05) is 11.9 Å². The summed E-state index contributed by atoms with van der Waals surface area (Å²) >= 11 is 0. The molecule has 1 aliphatic rings. The monoisotopic (exact) mass is 250 g/mol. The molecule has 2 rings (SSSR count). The van der Waals surface area contributed by atoms with Gasteiger partial charge in [0, 0.05) is 19.3 Å². The summed E-state index contributed by atoms with van der Waals surface area (Å²) in [5.41, 5.74) is 5.54. The number of likely N-dealkylation sites (N-methyl/N-ethyl adjacent to an activating group) is 1. The Morgan fingerprint density at radius 3 is 2.89 bits per heavy atom. The summed E-state index contributed by atoms with van der Waals surface area (Å²) in [6.45, 7) is 2.51. The van der Waals surface area contributed by atoms with Crippen LogP contribution in [-0.4, -0.2) is 33.7 Å². The van der Waals surface area contributed by atoms with Crippen LogP contribution in [0.5, 0.6) is 0 Å². The average molecular weight is 250 g/mol. The van der Waals surface area contributed by atoms with Crippen molar-refractivity contribution in [2.24, 2.45) is 5.92 Å². The molecule has 5 heteroatoms. The number of rotatable bonds is 3. The van der Waals surface area contributed by atoms with Crippen molar-refractivity contribution >= 4 is 11.7 Å². The summed E-state index contributed by atoms with van der Waals surface area (Å²) in [5, 5.41) is 4.04. The molecule has 0 bridgehead atoms. The van der Waals surface area contributed by atoms with Crippen molar-refractivity contribution in [3.05, 3.63) is 12.3 Å². The van der Waals surface area contributed by atoms with Gasteiger partial charge in [0.25, 0.3) is 0 Å². The van der Waals surface area contributed by atoms with E-state index in [0.717, 1.165) is 6.42 Å². The molecule has 2 N–H and O–H groups in total. The summed E-state index contributed by atoms with van der Waals surface area (Å²) in [7, 11) is 1.90. The molecule has 1 fully saturated rings. The number of anilines is 1. The molecule has 2 atom stereocenters. The second kappa shape index (κ2) is 5.42. The third-order valence-electron chi connectivity index (χ3n) is 3.92. The largest absolute Gasteiger partial charge is 0.382 e. The Balaban J connectivity index is 1.95. The number of hydrogen-bond donors (Lipinski definition) is 1. The first kappa shape index (κ1) is 12.9. The predicted octanol–water partition coefficient (Wildman–Crippen LogP) is 1.50. The number of carbonyl (C=O) groups is 1. The molecule has 1 heterocycles. The average Bonchev–Trinajstić information content (AvgIpc) is 2.74. The van der Waals surface area contributed by atoms with Crippen molar-refractivity contribution in [3.8, 4) is 0 Å². The zero-order valence-electron chi connectivity index (χ0n) is 11.2. The second-order valence-electron chi connectivity index (χ2n) is 5.27. The van der Waals surface area contributed by atoms with Gasteiger partial charge in [0.15, 0.2) is 0 Å². The van der Waals surface area contributed by atoms with E-state index in [4.69, 9.17) is 5.73 Å². The fourth-order valence-electron chi connectivity index (χ4n) is 2.77. The highest BCUT2D eigenvalue weighted by Gasteiger charge is 2.27. The molecular weight excluding hydrogens is 228 g/mol. The lowest BCUT2D eigenvalue weighted by atomic mass is 9.85. The molecule has 0 spiro atoms. The number of aromatic nitrogens is 2. The summed E-state index contributed by atoms with van der Waals surface area (Å²) in [6.07, 6.45) is 6.59. The van der Waals surface area contributed by atoms with Crippen molar-refractivity contribution in [3.63, 3.8) is 0 Å². The van der Waals surface area contributed by atoms with Crippen molar-refractivity contribution in [1.82, 2.24) is 14.7 Å². The molecule has 0 saturated heterocycles. The van der Waals surface area contributed by atoms with Crippen molar-refractivity contribution in [1.29, 1.82) is 0 Å². The van der Waals surface area contributed by atoms with Gasteiger partial charge in [-0.25, -0.2) is 0 Å². The molecule has 0 radical (unpaired) electrons. The first-order valence-corrected chi connectivity index (χ1v) is 6.62. The molecule has 1 amide bonds. The Labute approximate surface area is 108 Å². The molecule has 18 heavy (non-hydrogen) atoms. The number of nitrogens with zero attached hydrogens (tertiary/aromatic N) is 3. The Morgan fingerprint density at radius 1 is 1.56 bits per heavy atom. The maximum Gasteiger partial charge on any atom is 0.244 e. The highest BCUT2D eigenvalue weighted by atomic mass is 16.2. The third kappa shape index (κ3) is 2.83. The lowest BCUT2D eigenvalue weighted by Crippen LogP contribution is -2.44. The van der Waals surface area contributed by atoms with E-state index >= 15 is 0 Å². The van der Waals surface area contributed by atoms with E-state index in [1.165, 1.54) is 19.3 Å². The van der Waals surface area contributed by atoms with E-state index in [1.54, 1.807) is 16.9 Å². The number of hydrogen-bond acceptors (Lipinski definition) is 3. The summed E-state index contributed by atoms with van der Waals surface area (Å²) in [4.78, 5) is 14.1. The number of nitrogen functional groups attached to an aromatic ring is 1. The molecule has 1 aromatic rings. The molecule has 1 aromatic heterocycles. The first-order chi connectivity index (χ1) is 8.58. The highest BCUT2D eigenvalue weighted by Crippen LogP contribution is 2.27. The zero-order valence-corrected chi connectivity index (χ0v) is 11.2. The first-order valence-electron chi connectivity index (χ1n) is 6.62. The van der Waals surface area contributed by atoms with E-state index in [2.05, 4.69) is 12.0 Å². The van der Waals surface area contributed by atoms with Crippen LogP contribution in [0.1, 0.15) is 32.6 Å². The summed E-state index contributed by atoms with van der Waals surface area (Å²) in [5.74, 6) is 1.16.